The van der Waals surface area contributed by atoms with Gasteiger partial charge in [-0.3, -0.25) is 4.79 Å². The molecule has 0 spiro atoms. The lowest BCUT2D eigenvalue weighted by Gasteiger charge is -2.36. The first-order valence-electron chi connectivity index (χ1n) is 9.31. The molecule has 154 valence electrons. The molecular weight excluding hydrogens is 390 g/mol. The van der Waals surface area contributed by atoms with E-state index in [2.05, 4.69) is 4.99 Å². The van der Waals surface area contributed by atoms with Gasteiger partial charge in [-0.15, -0.1) is 0 Å². The summed E-state index contributed by atoms with van der Waals surface area (Å²) in [7, 11) is 4.75. The molecule has 1 unspecified atom stereocenters. The number of allylic oxidation sites excluding steroid dienone is 1. The molecule has 29 heavy (non-hydrogen) atoms. The van der Waals surface area contributed by atoms with Crippen molar-refractivity contribution in [2.75, 3.05) is 27.8 Å². The van der Waals surface area contributed by atoms with Crippen LogP contribution in [0.4, 0.5) is 0 Å². The summed E-state index contributed by atoms with van der Waals surface area (Å²) in [5.41, 5.74) is 2.78. The van der Waals surface area contributed by atoms with Crippen molar-refractivity contribution in [3.05, 3.63) is 52.2 Å². The van der Waals surface area contributed by atoms with Gasteiger partial charge < -0.3 is 19.3 Å². The number of amidine groups is 1. The standard InChI is InChI=1S/C21H25N3O4S/c1-6-23(3)17(25)11-15-12-29-21-22-13(2)18(20(26)28-5)19(24(15)21)14-7-9-16(27-4)10-8-14/h7-10,12,19H,6,11H2,1-5H3. The van der Waals surface area contributed by atoms with E-state index in [-0.39, 0.29) is 12.3 Å². The van der Waals surface area contributed by atoms with E-state index in [4.69, 9.17) is 9.47 Å². The van der Waals surface area contributed by atoms with Crippen molar-refractivity contribution in [1.82, 2.24) is 9.80 Å². The zero-order valence-corrected chi connectivity index (χ0v) is 18.1. The number of aliphatic imine (C=N–C) groups is 1. The Kier molecular flexibility index (Phi) is 6.32. The van der Waals surface area contributed by atoms with Crippen LogP contribution in [0.25, 0.3) is 0 Å². The molecule has 1 aromatic carbocycles. The highest BCUT2D eigenvalue weighted by atomic mass is 32.2. The fraction of sp³-hybridized carbons (Fsp3) is 0.381. The van der Waals surface area contributed by atoms with Gasteiger partial charge >= 0.3 is 5.97 Å². The predicted molar refractivity (Wildman–Crippen MR) is 113 cm³/mol. The summed E-state index contributed by atoms with van der Waals surface area (Å²) in [6.07, 6.45) is 0.233. The van der Waals surface area contributed by atoms with Crippen LogP contribution in [0.5, 0.6) is 5.75 Å². The number of hydrogen-bond donors (Lipinski definition) is 0. The van der Waals surface area contributed by atoms with Crippen LogP contribution in [0.15, 0.2) is 51.6 Å². The van der Waals surface area contributed by atoms with Crippen molar-refractivity contribution in [3.8, 4) is 5.75 Å². The highest BCUT2D eigenvalue weighted by Gasteiger charge is 2.41. The smallest absolute Gasteiger partial charge is 0.338 e. The summed E-state index contributed by atoms with van der Waals surface area (Å²) in [6.45, 7) is 4.38. The number of nitrogens with zero attached hydrogens (tertiary/aromatic N) is 3. The quantitative estimate of drug-likeness (QED) is 0.664. The Balaban J connectivity index is 2.05. The van der Waals surface area contributed by atoms with Gasteiger partial charge in [0, 0.05) is 19.3 Å². The molecule has 8 heteroatoms. The summed E-state index contributed by atoms with van der Waals surface area (Å²) in [5, 5.41) is 2.68. The van der Waals surface area contributed by atoms with E-state index in [0.29, 0.717) is 17.8 Å². The van der Waals surface area contributed by atoms with Gasteiger partial charge in [0.15, 0.2) is 5.17 Å². The van der Waals surface area contributed by atoms with Gasteiger partial charge in [-0.2, -0.15) is 0 Å². The topological polar surface area (TPSA) is 71.4 Å². The molecule has 0 saturated heterocycles. The van der Waals surface area contributed by atoms with Crippen LogP contribution >= 0.6 is 11.8 Å². The summed E-state index contributed by atoms with van der Waals surface area (Å²) in [5.74, 6) is 0.310. The van der Waals surface area contributed by atoms with E-state index in [1.165, 1.54) is 18.9 Å². The molecule has 2 aliphatic rings. The van der Waals surface area contributed by atoms with Gasteiger partial charge in [0.1, 0.15) is 5.75 Å². The minimum absolute atomic E-state index is 0.0139. The zero-order valence-electron chi connectivity index (χ0n) is 17.3. The Morgan fingerprint density at radius 1 is 1.24 bits per heavy atom. The zero-order chi connectivity index (χ0) is 21.1. The van der Waals surface area contributed by atoms with Crippen LogP contribution in [0.2, 0.25) is 0 Å². The molecule has 1 aromatic rings. The number of thioether (sulfide) groups is 1. The van der Waals surface area contributed by atoms with Gasteiger partial charge in [0.05, 0.1) is 38.0 Å². The first-order chi connectivity index (χ1) is 13.9. The fourth-order valence-corrected chi connectivity index (χ4v) is 4.27. The number of fused-ring (bicyclic) bond motifs is 1. The molecule has 0 aromatic heterocycles. The number of ether oxygens (including phenoxy) is 2. The molecule has 1 atom stereocenters. The number of carbonyl (C=O) groups is 2. The Hall–Kier alpha value is -2.74. The molecule has 0 bridgehead atoms. The van der Waals surface area contributed by atoms with Crippen molar-refractivity contribution in [3.63, 3.8) is 0 Å². The number of carbonyl (C=O) groups excluding carboxylic acids is 2. The number of amides is 1. The van der Waals surface area contributed by atoms with Gasteiger partial charge in [-0.05, 0) is 37.0 Å². The monoisotopic (exact) mass is 415 g/mol. The highest BCUT2D eigenvalue weighted by Crippen LogP contribution is 2.45. The Morgan fingerprint density at radius 2 is 1.93 bits per heavy atom. The van der Waals surface area contributed by atoms with Gasteiger partial charge in [-0.1, -0.05) is 23.9 Å². The predicted octanol–water partition coefficient (Wildman–Crippen LogP) is 3.31. The lowest BCUT2D eigenvalue weighted by atomic mass is 9.93. The van der Waals surface area contributed by atoms with Crippen molar-refractivity contribution >= 4 is 28.8 Å². The molecule has 7 nitrogen and oxygen atoms in total. The number of benzene rings is 1. The van der Waals surface area contributed by atoms with E-state index in [0.717, 1.165) is 22.2 Å². The van der Waals surface area contributed by atoms with Crippen molar-refractivity contribution in [1.29, 1.82) is 0 Å². The number of rotatable bonds is 6. The maximum absolute atomic E-state index is 12.7. The highest BCUT2D eigenvalue weighted by molar-refractivity contribution is 8.16. The Labute approximate surface area is 175 Å². The summed E-state index contributed by atoms with van der Waals surface area (Å²) in [6, 6.07) is 7.12. The average Bonchev–Trinajstić information content (AvgIpc) is 3.13. The van der Waals surface area contributed by atoms with Crippen LogP contribution in [-0.4, -0.2) is 54.7 Å². The van der Waals surface area contributed by atoms with Crippen molar-refractivity contribution < 1.29 is 19.1 Å². The van der Waals surface area contributed by atoms with Crippen LogP contribution < -0.4 is 4.74 Å². The van der Waals surface area contributed by atoms with Crippen LogP contribution in [-0.2, 0) is 14.3 Å². The minimum Gasteiger partial charge on any atom is -0.497 e. The third kappa shape index (κ3) is 4.03. The Bertz CT molecular complexity index is 905. The molecule has 1 amide bonds. The molecule has 2 heterocycles. The second-order valence-corrected chi connectivity index (χ2v) is 7.58. The third-order valence-electron chi connectivity index (χ3n) is 5.07. The molecule has 3 rings (SSSR count). The van der Waals surface area contributed by atoms with E-state index in [9.17, 15) is 9.59 Å². The number of esters is 1. The van der Waals surface area contributed by atoms with Crippen LogP contribution in [0, 0.1) is 0 Å². The third-order valence-corrected chi connectivity index (χ3v) is 5.96. The Morgan fingerprint density at radius 3 is 2.52 bits per heavy atom. The van der Waals surface area contributed by atoms with E-state index in [1.54, 1.807) is 19.1 Å². The first kappa shape index (κ1) is 21.0. The largest absolute Gasteiger partial charge is 0.497 e. The molecule has 0 aliphatic carbocycles. The minimum atomic E-state index is -0.431. The lowest BCUT2D eigenvalue weighted by Crippen LogP contribution is -2.38. The number of methoxy groups -OCH3 is 2. The summed E-state index contributed by atoms with van der Waals surface area (Å²) in [4.78, 5) is 33.5. The normalized spacial score (nSPS) is 18.1. The van der Waals surface area contributed by atoms with E-state index < -0.39 is 12.0 Å². The first-order valence-corrected chi connectivity index (χ1v) is 10.2. The summed E-state index contributed by atoms with van der Waals surface area (Å²) >= 11 is 1.46. The van der Waals surface area contributed by atoms with Gasteiger partial charge in [0.2, 0.25) is 5.91 Å². The maximum atomic E-state index is 12.7. The maximum Gasteiger partial charge on any atom is 0.338 e. The molecule has 0 radical (unpaired) electrons. The summed E-state index contributed by atoms with van der Waals surface area (Å²) < 4.78 is 10.3. The molecule has 0 saturated carbocycles. The van der Waals surface area contributed by atoms with Gasteiger partial charge in [-0.25, -0.2) is 9.79 Å². The molecule has 0 N–H and O–H groups in total. The fourth-order valence-electron chi connectivity index (χ4n) is 3.31. The van der Waals surface area contributed by atoms with E-state index in [1.807, 2.05) is 48.4 Å². The second-order valence-electron chi connectivity index (χ2n) is 6.74. The van der Waals surface area contributed by atoms with Crippen LogP contribution in [0.3, 0.4) is 0 Å². The van der Waals surface area contributed by atoms with E-state index >= 15 is 0 Å². The number of hydrogen-bond acceptors (Lipinski definition) is 7. The average molecular weight is 416 g/mol. The molecule has 2 aliphatic heterocycles. The molecule has 0 fully saturated rings. The van der Waals surface area contributed by atoms with Crippen LogP contribution in [0.1, 0.15) is 31.9 Å². The SMILES string of the molecule is CCN(C)C(=O)CC1=CSC2=NC(C)=C(C(=O)OC)C(c3ccc(OC)cc3)N12. The van der Waals surface area contributed by atoms with Crippen molar-refractivity contribution in [2.45, 2.75) is 26.3 Å². The lowest BCUT2D eigenvalue weighted by molar-refractivity contribution is -0.136. The van der Waals surface area contributed by atoms with Gasteiger partial charge in [0.25, 0.3) is 0 Å². The van der Waals surface area contributed by atoms with Crippen molar-refractivity contribution in [2.24, 2.45) is 4.99 Å². The second kappa shape index (κ2) is 8.73. The molecular formula is C21H25N3O4S.